The summed E-state index contributed by atoms with van der Waals surface area (Å²) in [5.41, 5.74) is 1.60. The SMILES string of the molecule is CC(=O)Cc1cc(C(C)NC(=O)c2ccc(OCC(F)(F)F)c(C)n2)ccn1. The molecule has 0 aromatic carbocycles. The molecule has 0 fully saturated rings. The van der Waals surface area contributed by atoms with Crippen LogP contribution in [-0.2, 0) is 11.2 Å². The van der Waals surface area contributed by atoms with E-state index < -0.39 is 18.7 Å². The maximum atomic E-state index is 12.4. The highest BCUT2D eigenvalue weighted by Gasteiger charge is 2.28. The fourth-order valence-corrected chi connectivity index (χ4v) is 2.46. The summed E-state index contributed by atoms with van der Waals surface area (Å²) >= 11 is 0. The molecule has 150 valence electrons. The van der Waals surface area contributed by atoms with Crippen molar-refractivity contribution in [2.75, 3.05) is 6.61 Å². The molecule has 2 rings (SSSR count). The van der Waals surface area contributed by atoms with Gasteiger partial charge in [-0.05, 0) is 50.6 Å². The minimum absolute atomic E-state index is 0.0196. The number of Topliss-reactive ketones (excluding diaryl/α,β-unsaturated/α-hetero) is 1. The minimum Gasteiger partial charge on any atom is -0.482 e. The number of hydrogen-bond acceptors (Lipinski definition) is 5. The van der Waals surface area contributed by atoms with E-state index in [4.69, 9.17) is 0 Å². The van der Waals surface area contributed by atoms with Crippen LogP contribution in [0, 0.1) is 6.92 Å². The van der Waals surface area contributed by atoms with E-state index in [1.54, 1.807) is 25.3 Å². The quantitative estimate of drug-likeness (QED) is 0.778. The smallest absolute Gasteiger partial charge is 0.422 e. The molecule has 1 N–H and O–H groups in total. The molecule has 1 amide bonds. The highest BCUT2D eigenvalue weighted by molar-refractivity contribution is 5.92. The number of hydrogen-bond donors (Lipinski definition) is 1. The number of ether oxygens (including phenoxy) is 1. The first kappa shape index (κ1) is 21.3. The number of nitrogens with one attached hydrogen (secondary N) is 1. The van der Waals surface area contributed by atoms with E-state index in [1.807, 2.05) is 0 Å². The molecule has 0 aliphatic rings. The molecule has 0 aliphatic carbocycles. The van der Waals surface area contributed by atoms with Crippen LogP contribution < -0.4 is 10.1 Å². The lowest BCUT2D eigenvalue weighted by atomic mass is 10.1. The summed E-state index contributed by atoms with van der Waals surface area (Å²) in [6, 6.07) is 5.66. The van der Waals surface area contributed by atoms with Crippen LogP contribution in [0.5, 0.6) is 5.75 Å². The number of nitrogens with zero attached hydrogens (tertiary/aromatic N) is 2. The first-order chi connectivity index (χ1) is 13.0. The second-order valence-corrected chi connectivity index (χ2v) is 6.34. The zero-order chi connectivity index (χ0) is 20.9. The Morgan fingerprint density at radius 2 is 1.96 bits per heavy atom. The van der Waals surface area contributed by atoms with E-state index in [0.29, 0.717) is 5.69 Å². The molecule has 1 unspecified atom stereocenters. The van der Waals surface area contributed by atoms with Crippen molar-refractivity contribution in [3.8, 4) is 5.75 Å². The minimum atomic E-state index is -4.45. The van der Waals surface area contributed by atoms with Gasteiger partial charge in [0, 0.05) is 18.3 Å². The summed E-state index contributed by atoms with van der Waals surface area (Å²) in [6.45, 7) is 3.26. The largest absolute Gasteiger partial charge is 0.482 e. The predicted molar refractivity (Wildman–Crippen MR) is 95.0 cm³/mol. The van der Waals surface area contributed by atoms with Gasteiger partial charge in [-0.15, -0.1) is 0 Å². The number of amides is 1. The van der Waals surface area contributed by atoms with Crippen molar-refractivity contribution in [1.82, 2.24) is 15.3 Å². The van der Waals surface area contributed by atoms with Crippen molar-refractivity contribution >= 4 is 11.7 Å². The zero-order valence-electron chi connectivity index (χ0n) is 15.6. The summed E-state index contributed by atoms with van der Waals surface area (Å²) in [5.74, 6) is -0.540. The third kappa shape index (κ3) is 6.33. The van der Waals surface area contributed by atoms with Crippen molar-refractivity contribution in [3.05, 3.63) is 53.1 Å². The lowest BCUT2D eigenvalue weighted by Crippen LogP contribution is -2.28. The Hall–Kier alpha value is -2.97. The third-order valence-corrected chi connectivity index (χ3v) is 3.78. The molecule has 0 aliphatic heterocycles. The third-order valence-electron chi connectivity index (χ3n) is 3.78. The van der Waals surface area contributed by atoms with Crippen LogP contribution in [-0.4, -0.2) is 34.4 Å². The van der Waals surface area contributed by atoms with Crippen LogP contribution in [0.3, 0.4) is 0 Å². The normalized spacial score (nSPS) is 12.4. The molecule has 9 heteroatoms. The summed E-state index contributed by atoms with van der Waals surface area (Å²) in [6.07, 6.45) is -2.69. The van der Waals surface area contributed by atoms with Crippen LogP contribution >= 0.6 is 0 Å². The molecule has 0 radical (unpaired) electrons. The average molecular weight is 395 g/mol. The van der Waals surface area contributed by atoms with Crippen molar-refractivity contribution in [3.63, 3.8) is 0 Å². The fourth-order valence-electron chi connectivity index (χ4n) is 2.46. The van der Waals surface area contributed by atoms with E-state index in [0.717, 1.165) is 5.56 Å². The molecule has 0 bridgehead atoms. The number of rotatable bonds is 7. The summed E-state index contributed by atoms with van der Waals surface area (Å²) in [7, 11) is 0. The predicted octanol–water partition coefficient (Wildman–Crippen LogP) is 3.35. The lowest BCUT2D eigenvalue weighted by molar-refractivity contribution is -0.153. The maximum absolute atomic E-state index is 12.4. The Morgan fingerprint density at radius 1 is 1.25 bits per heavy atom. The van der Waals surface area contributed by atoms with Gasteiger partial charge in [0.2, 0.25) is 0 Å². The molecule has 0 saturated carbocycles. The molecule has 1 atom stereocenters. The lowest BCUT2D eigenvalue weighted by Gasteiger charge is -2.16. The Morgan fingerprint density at radius 3 is 2.57 bits per heavy atom. The molecule has 0 spiro atoms. The van der Waals surface area contributed by atoms with Gasteiger partial charge >= 0.3 is 6.18 Å². The van der Waals surface area contributed by atoms with Gasteiger partial charge in [0.25, 0.3) is 5.91 Å². The van der Waals surface area contributed by atoms with E-state index in [9.17, 15) is 22.8 Å². The first-order valence-corrected chi connectivity index (χ1v) is 8.47. The molecule has 28 heavy (non-hydrogen) atoms. The number of halogens is 3. The number of aryl methyl sites for hydroxylation is 1. The highest BCUT2D eigenvalue weighted by Crippen LogP contribution is 2.21. The molecule has 2 heterocycles. The van der Waals surface area contributed by atoms with Crippen LogP contribution in [0.25, 0.3) is 0 Å². The van der Waals surface area contributed by atoms with Gasteiger partial charge in [-0.1, -0.05) is 0 Å². The number of carbonyl (C=O) groups excluding carboxylic acids is 2. The number of ketones is 1. The number of pyridine rings is 2. The Balaban J connectivity index is 2.06. The summed E-state index contributed by atoms with van der Waals surface area (Å²) in [4.78, 5) is 31.8. The molecule has 2 aromatic rings. The summed E-state index contributed by atoms with van der Waals surface area (Å²) in [5, 5.41) is 2.76. The van der Waals surface area contributed by atoms with Gasteiger partial charge in [0.1, 0.15) is 17.2 Å². The molecule has 6 nitrogen and oxygen atoms in total. The van der Waals surface area contributed by atoms with Crippen LogP contribution in [0.2, 0.25) is 0 Å². The van der Waals surface area contributed by atoms with E-state index in [-0.39, 0.29) is 35.4 Å². The average Bonchev–Trinajstić information content (AvgIpc) is 2.59. The van der Waals surface area contributed by atoms with Gasteiger partial charge in [-0.3, -0.25) is 14.6 Å². The number of alkyl halides is 3. The standard InChI is InChI=1S/C19H20F3N3O3/c1-11(26)8-15-9-14(6-7-23-15)12(2)25-18(27)16-4-5-17(13(3)24-16)28-10-19(20,21)22/h4-7,9,12H,8,10H2,1-3H3,(H,25,27). The topological polar surface area (TPSA) is 81.2 Å². The van der Waals surface area contributed by atoms with Crippen LogP contribution in [0.4, 0.5) is 13.2 Å². The Labute approximate surface area is 160 Å². The van der Waals surface area contributed by atoms with Crippen LogP contribution in [0.1, 0.15) is 47.3 Å². The number of carbonyl (C=O) groups is 2. The summed E-state index contributed by atoms with van der Waals surface area (Å²) < 4.78 is 41.4. The van der Waals surface area contributed by atoms with Crippen molar-refractivity contribution < 1.29 is 27.5 Å². The van der Waals surface area contributed by atoms with Gasteiger partial charge in [-0.2, -0.15) is 13.2 Å². The molecular formula is C19H20F3N3O3. The molecule has 0 saturated heterocycles. The van der Waals surface area contributed by atoms with Gasteiger partial charge < -0.3 is 10.1 Å². The van der Waals surface area contributed by atoms with E-state index >= 15 is 0 Å². The van der Waals surface area contributed by atoms with E-state index in [2.05, 4.69) is 20.0 Å². The zero-order valence-corrected chi connectivity index (χ0v) is 15.6. The van der Waals surface area contributed by atoms with Crippen molar-refractivity contribution in [2.24, 2.45) is 0 Å². The maximum Gasteiger partial charge on any atom is 0.422 e. The Kier molecular flexibility index (Phi) is 6.71. The second-order valence-electron chi connectivity index (χ2n) is 6.34. The second kappa shape index (κ2) is 8.81. The molecule has 2 aromatic heterocycles. The van der Waals surface area contributed by atoms with Gasteiger partial charge in [-0.25, -0.2) is 4.98 Å². The van der Waals surface area contributed by atoms with E-state index in [1.165, 1.54) is 26.0 Å². The van der Waals surface area contributed by atoms with Crippen molar-refractivity contribution in [2.45, 2.75) is 39.4 Å². The first-order valence-electron chi connectivity index (χ1n) is 8.47. The Bertz CT molecular complexity index is 869. The number of aromatic nitrogens is 2. The molecular weight excluding hydrogens is 375 g/mol. The van der Waals surface area contributed by atoms with Crippen molar-refractivity contribution in [1.29, 1.82) is 0 Å². The monoisotopic (exact) mass is 395 g/mol. The highest BCUT2D eigenvalue weighted by atomic mass is 19.4. The van der Waals surface area contributed by atoms with Crippen LogP contribution in [0.15, 0.2) is 30.5 Å². The van der Waals surface area contributed by atoms with Gasteiger partial charge in [0.15, 0.2) is 6.61 Å². The van der Waals surface area contributed by atoms with Gasteiger partial charge in [0.05, 0.1) is 11.7 Å². The fraction of sp³-hybridized carbons (Fsp3) is 0.368.